The van der Waals surface area contributed by atoms with Crippen LogP contribution in [0, 0.1) is 0 Å². The van der Waals surface area contributed by atoms with E-state index >= 15 is 0 Å². The molecule has 0 spiro atoms. The molecule has 0 aromatic carbocycles. The number of hydrogen-bond acceptors (Lipinski definition) is 6. The van der Waals surface area contributed by atoms with Gasteiger partial charge in [-0.2, -0.15) is 0 Å². The average molecular weight is 227 g/mol. The minimum atomic E-state index is -0.781. The quantitative estimate of drug-likeness (QED) is 0.551. The van der Waals surface area contributed by atoms with Crippen molar-refractivity contribution in [1.82, 2.24) is 4.90 Å². The highest BCUT2D eigenvalue weighted by atomic mass is 16.6. The normalized spacial score (nSPS) is 28.3. The maximum atomic E-state index is 11.4. The van der Waals surface area contributed by atoms with Gasteiger partial charge in [-0.05, 0) is 13.5 Å². The predicted molar refractivity (Wildman–Crippen MR) is 54.6 cm³/mol. The molecule has 0 aromatic heterocycles. The van der Waals surface area contributed by atoms with Gasteiger partial charge in [0.1, 0.15) is 0 Å². The highest BCUT2D eigenvalue weighted by Crippen LogP contribution is 2.24. The van der Waals surface area contributed by atoms with Crippen LogP contribution in [0.4, 0.5) is 0 Å². The second-order valence-corrected chi connectivity index (χ2v) is 4.14. The monoisotopic (exact) mass is 227 g/mol. The molecule has 0 amide bonds. The Morgan fingerprint density at radius 3 is 2.38 bits per heavy atom. The molecule has 1 atom stereocenters. The third-order valence-electron chi connectivity index (χ3n) is 2.64. The topological polar surface area (TPSA) is 65.1 Å². The van der Waals surface area contributed by atoms with Gasteiger partial charge in [-0.25, -0.2) is 0 Å². The maximum Gasteiger partial charge on any atom is 0.604 e. The third-order valence-corrected chi connectivity index (χ3v) is 2.64. The fourth-order valence-corrected chi connectivity index (χ4v) is 1.81. The SMILES string of the molecule is CN1CC(=O)OB(C2CCOC2)OC(=O)C1. The molecule has 2 saturated heterocycles. The molecule has 2 aliphatic rings. The fraction of sp³-hybridized carbons (Fsp3) is 0.778. The maximum absolute atomic E-state index is 11.4. The summed E-state index contributed by atoms with van der Waals surface area (Å²) in [4.78, 5) is 24.4. The van der Waals surface area contributed by atoms with Crippen LogP contribution < -0.4 is 0 Å². The number of rotatable bonds is 1. The van der Waals surface area contributed by atoms with E-state index in [1.807, 2.05) is 0 Å². The lowest BCUT2D eigenvalue weighted by Gasteiger charge is -2.24. The summed E-state index contributed by atoms with van der Waals surface area (Å²) >= 11 is 0. The summed E-state index contributed by atoms with van der Waals surface area (Å²) in [7, 11) is 0.887. The van der Waals surface area contributed by atoms with Crippen molar-refractivity contribution in [3.8, 4) is 0 Å². The van der Waals surface area contributed by atoms with E-state index in [4.69, 9.17) is 14.0 Å². The molecule has 0 aliphatic carbocycles. The van der Waals surface area contributed by atoms with Gasteiger partial charge in [0.2, 0.25) is 0 Å². The molecule has 7 heteroatoms. The molecule has 6 nitrogen and oxygen atoms in total. The summed E-state index contributed by atoms with van der Waals surface area (Å²) in [6, 6.07) is 0. The Kier molecular flexibility index (Phi) is 3.45. The van der Waals surface area contributed by atoms with E-state index in [2.05, 4.69) is 0 Å². The minimum absolute atomic E-state index is 0.0312. The fourth-order valence-electron chi connectivity index (χ4n) is 1.81. The Balaban J connectivity index is 2.00. The molecular weight excluding hydrogens is 213 g/mol. The predicted octanol–water partition coefficient (Wildman–Crippen LogP) is -0.703. The largest absolute Gasteiger partial charge is 0.604 e. The first-order valence-corrected chi connectivity index (χ1v) is 5.30. The van der Waals surface area contributed by atoms with Crippen molar-refractivity contribution in [1.29, 1.82) is 0 Å². The van der Waals surface area contributed by atoms with Crippen molar-refractivity contribution in [2.75, 3.05) is 33.4 Å². The molecular formula is C9H14BNO5. The first-order chi connectivity index (χ1) is 7.65. The Bertz CT molecular complexity index is 272. The zero-order chi connectivity index (χ0) is 11.5. The summed E-state index contributed by atoms with van der Waals surface area (Å²) < 4.78 is 15.4. The van der Waals surface area contributed by atoms with Gasteiger partial charge in [0.05, 0.1) is 19.7 Å². The van der Waals surface area contributed by atoms with E-state index in [1.54, 1.807) is 11.9 Å². The van der Waals surface area contributed by atoms with Crippen molar-refractivity contribution in [2.45, 2.75) is 12.2 Å². The molecule has 1 unspecified atom stereocenters. The molecule has 0 saturated carbocycles. The summed E-state index contributed by atoms with van der Waals surface area (Å²) in [5.74, 6) is -0.768. The van der Waals surface area contributed by atoms with Crippen molar-refractivity contribution >= 4 is 19.1 Å². The third kappa shape index (κ3) is 2.73. The number of carbonyl (C=O) groups is 2. The van der Waals surface area contributed by atoms with Gasteiger partial charge in [-0.15, -0.1) is 0 Å². The molecule has 0 N–H and O–H groups in total. The van der Waals surface area contributed by atoms with Gasteiger partial charge >= 0.3 is 19.1 Å². The van der Waals surface area contributed by atoms with Crippen molar-refractivity contribution in [3.05, 3.63) is 0 Å². The van der Waals surface area contributed by atoms with Crippen LogP contribution in [0.3, 0.4) is 0 Å². The first kappa shape index (κ1) is 11.4. The van der Waals surface area contributed by atoms with Gasteiger partial charge in [-0.3, -0.25) is 14.5 Å². The molecule has 88 valence electrons. The van der Waals surface area contributed by atoms with E-state index in [-0.39, 0.29) is 30.8 Å². The molecule has 0 radical (unpaired) electrons. The van der Waals surface area contributed by atoms with Crippen molar-refractivity contribution < 1.29 is 23.6 Å². The van der Waals surface area contributed by atoms with Gasteiger partial charge in [0, 0.05) is 12.4 Å². The van der Waals surface area contributed by atoms with Crippen LogP contribution in [0.2, 0.25) is 5.82 Å². The standard InChI is InChI=1S/C9H14BNO5/c1-11-4-8(12)15-10(16-9(13)5-11)7-2-3-14-6-7/h7H,2-6H2,1H3. The first-order valence-electron chi connectivity index (χ1n) is 5.30. The molecule has 2 aliphatic heterocycles. The van der Waals surface area contributed by atoms with Gasteiger partial charge < -0.3 is 14.0 Å². The van der Waals surface area contributed by atoms with Crippen LogP contribution >= 0.6 is 0 Å². The summed E-state index contributed by atoms with van der Waals surface area (Å²) in [6.07, 6.45) is 0.751. The van der Waals surface area contributed by atoms with Crippen LogP contribution in [0.1, 0.15) is 6.42 Å². The van der Waals surface area contributed by atoms with E-state index < -0.39 is 7.12 Å². The molecule has 2 heterocycles. The second kappa shape index (κ2) is 4.84. The lowest BCUT2D eigenvalue weighted by Crippen LogP contribution is -2.44. The number of hydrogen-bond donors (Lipinski definition) is 0. The summed E-state index contributed by atoms with van der Waals surface area (Å²) in [5, 5.41) is 0. The summed E-state index contributed by atoms with van der Waals surface area (Å²) in [6.45, 7) is 1.32. The molecule has 2 fully saturated rings. The highest BCUT2D eigenvalue weighted by Gasteiger charge is 2.41. The number of likely N-dealkylation sites (N-methyl/N-ethyl adjacent to an activating group) is 1. The van der Waals surface area contributed by atoms with Crippen LogP contribution in [0.15, 0.2) is 0 Å². The van der Waals surface area contributed by atoms with Crippen LogP contribution in [-0.4, -0.2) is 57.3 Å². The van der Waals surface area contributed by atoms with E-state index in [0.29, 0.717) is 13.2 Å². The molecule has 0 aromatic rings. The van der Waals surface area contributed by atoms with E-state index in [1.165, 1.54) is 0 Å². The van der Waals surface area contributed by atoms with Gasteiger partial charge in [0.15, 0.2) is 0 Å². The zero-order valence-electron chi connectivity index (χ0n) is 9.18. The number of nitrogens with zero attached hydrogens (tertiary/aromatic N) is 1. The van der Waals surface area contributed by atoms with Crippen molar-refractivity contribution in [3.63, 3.8) is 0 Å². The number of ether oxygens (including phenoxy) is 1. The average Bonchev–Trinajstić information content (AvgIpc) is 2.66. The minimum Gasteiger partial charge on any atom is -0.498 e. The van der Waals surface area contributed by atoms with E-state index in [0.717, 1.165) is 6.42 Å². The van der Waals surface area contributed by atoms with Gasteiger partial charge in [-0.1, -0.05) is 0 Å². The van der Waals surface area contributed by atoms with Crippen molar-refractivity contribution in [2.24, 2.45) is 0 Å². The Labute approximate surface area is 94.0 Å². The van der Waals surface area contributed by atoms with Gasteiger partial charge in [0.25, 0.3) is 0 Å². The lowest BCUT2D eigenvalue weighted by atomic mass is 9.71. The highest BCUT2D eigenvalue weighted by molar-refractivity contribution is 6.51. The van der Waals surface area contributed by atoms with Crippen LogP contribution in [-0.2, 0) is 23.6 Å². The molecule has 2 rings (SSSR count). The summed E-state index contributed by atoms with van der Waals surface area (Å²) in [5.41, 5.74) is 0. The Morgan fingerprint density at radius 2 is 1.88 bits per heavy atom. The Morgan fingerprint density at radius 1 is 1.25 bits per heavy atom. The zero-order valence-corrected chi connectivity index (χ0v) is 9.18. The number of carbonyl (C=O) groups excluding carboxylic acids is 2. The van der Waals surface area contributed by atoms with E-state index in [9.17, 15) is 9.59 Å². The van der Waals surface area contributed by atoms with Crippen LogP contribution in [0.5, 0.6) is 0 Å². The van der Waals surface area contributed by atoms with Crippen LogP contribution in [0.25, 0.3) is 0 Å². The Hall–Kier alpha value is -1.08. The second-order valence-electron chi connectivity index (χ2n) is 4.14. The molecule has 0 bridgehead atoms. The molecule has 16 heavy (non-hydrogen) atoms. The smallest absolute Gasteiger partial charge is 0.498 e. The lowest BCUT2D eigenvalue weighted by molar-refractivity contribution is -0.146.